The van der Waals surface area contributed by atoms with Crippen molar-refractivity contribution in [2.75, 3.05) is 26.2 Å². The first-order valence-electron chi connectivity index (χ1n) is 9.66. The first-order valence-corrected chi connectivity index (χ1v) is 9.66. The van der Waals surface area contributed by atoms with Gasteiger partial charge < -0.3 is 29.8 Å². The molecule has 0 saturated heterocycles. The lowest BCUT2D eigenvalue weighted by molar-refractivity contribution is -0.120. The number of methoxy groups -OCH3 is 2. The quantitative estimate of drug-likeness (QED) is 0.485. The van der Waals surface area contributed by atoms with Gasteiger partial charge in [-0.15, -0.1) is 0 Å². The van der Waals surface area contributed by atoms with Gasteiger partial charge in [-0.05, 0) is 12.1 Å². The zero-order valence-electron chi connectivity index (χ0n) is 17.4. The Morgan fingerprint density at radius 2 is 1.90 bits per heavy atom. The number of hydrogen-bond acceptors (Lipinski definition) is 6. The molecule has 2 heterocycles. The molecule has 1 atom stereocenters. The molecule has 1 amide bonds. The van der Waals surface area contributed by atoms with Gasteiger partial charge in [0.25, 0.3) is 0 Å². The van der Waals surface area contributed by atoms with Crippen LogP contribution in [0.15, 0.2) is 48.2 Å². The Kier molecular flexibility index (Phi) is 5.24. The zero-order valence-corrected chi connectivity index (χ0v) is 17.4. The van der Waals surface area contributed by atoms with Crippen LogP contribution in [0.4, 0.5) is 5.69 Å². The van der Waals surface area contributed by atoms with E-state index in [2.05, 4.69) is 15.3 Å². The minimum atomic E-state index is -0.785. The van der Waals surface area contributed by atoms with E-state index in [1.807, 2.05) is 24.3 Å². The number of imidazole rings is 1. The summed E-state index contributed by atoms with van der Waals surface area (Å²) in [5.41, 5.74) is 2.30. The molecule has 31 heavy (non-hydrogen) atoms. The lowest BCUT2D eigenvalue weighted by Crippen LogP contribution is -2.39. The van der Waals surface area contributed by atoms with E-state index < -0.39 is 6.04 Å². The predicted molar refractivity (Wildman–Crippen MR) is 118 cm³/mol. The molecule has 160 valence electrons. The van der Waals surface area contributed by atoms with Crippen molar-refractivity contribution in [3.63, 3.8) is 0 Å². The molecule has 9 heteroatoms. The summed E-state index contributed by atoms with van der Waals surface area (Å²) in [5.74, 6) is 1.06. The molecule has 0 radical (unpaired) electrons. The number of benzene rings is 2. The Hall–Kier alpha value is -4.01. The number of anilines is 1. The van der Waals surface area contributed by atoms with Crippen LogP contribution in [0.5, 0.6) is 11.5 Å². The molecule has 1 aliphatic heterocycles. The molecule has 1 unspecified atom stereocenters. The molecular formula is C22H23N5O4. The number of fused-ring (bicyclic) bond motifs is 1. The molecule has 1 aromatic heterocycles. The summed E-state index contributed by atoms with van der Waals surface area (Å²) in [6.45, 7) is 0. The molecule has 3 aromatic rings. The number of nitrogens with one attached hydrogen (secondary N) is 3. The highest BCUT2D eigenvalue weighted by Gasteiger charge is 2.41. The van der Waals surface area contributed by atoms with Crippen LogP contribution in [0.25, 0.3) is 16.6 Å². The van der Waals surface area contributed by atoms with E-state index in [9.17, 15) is 9.90 Å². The Morgan fingerprint density at radius 1 is 1.23 bits per heavy atom. The number of amides is 1. The average molecular weight is 421 g/mol. The monoisotopic (exact) mass is 421 g/mol. The lowest BCUT2D eigenvalue weighted by atomic mass is 10.1. The fourth-order valence-corrected chi connectivity index (χ4v) is 3.70. The molecule has 0 aliphatic carbocycles. The van der Waals surface area contributed by atoms with E-state index in [4.69, 9.17) is 14.9 Å². The van der Waals surface area contributed by atoms with Gasteiger partial charge in [-0.2, -0.15) is 0 Å². The number of nitrogens with zero attached hydrogens (tertiary/aromatic N) is 2. The second-order valence-corrected chi connectivity index (χ2v) is 7.05. The van der Waals surface area contributed by atoms with Crippen LogP contribution >= 0.6 is 0 Å². The number of H-pyrrole nitrogens is 1. The number of rotatable bonds is 6. The number of aliphatic hydroxyl groups excluding tert-OH is 1. The maximum Gasteiger partial charge on any atom is 0.222 e. The predicted octanol–water partition coefficient (Wildman–Crippen LogP) is 2.85. The number of aliphatic hydroxyl groups is 1. The summed E-state index contributed by atoms with van der Waals surface area (Å²) < 4.78 is 10.7. The topological polar surface area (TPSA) is 124 Å². The van der Waals surface area contributed by atoms with Crippen LogP contribution < -0.4 is 19.7 Å². The Bertz CT molecular complexity index is 1140. The minimum Gasteiger partial charge on any atom is -0.509 e. The van der Waals surface area contributed by atoms with Crippen LogP contribution in [-0.2, 0) is 4.79 Å². The smallest absolute Gasteiger partial charge is 0.222 e. The van der Waals surface area contributed by atoms with Crippen molar-refractivity contribution in [3.05, 3.63) is 54.0 Å². The van der Waals surface area contributed by atoms with Crippen molar-refractivity contribution >= 4 is 34.0 Å². The van der Waals surface area contributed by atoms with Crippen molar-refractivity contribution in [3.8, 4) is 11.5 Å². The number of aromatic nitrogens is 2. The van der Waals surface area contributed by atoms with Gasteiger partial charge in [-0.3, -0.25) is 10.2 Å². The Balaban J connectivity index is 1.84. The number of hydrogen-bond donors (Lipinski definition) is 4. The van der Waals surface area contributed by atoms with Crippen LogP contribution in [-0.4, -0.2) is 54.1 Å². The van der Waals surface area contributed by atoms with E-state index in [1.165, 1.54) is 21.3 Å². The number of amidine groups is 1. The number of carbonyl (C=O) groups excluding carboxylic acids is 1. The van der Waals surface area contributed by atoms with Gasteiger partial charge in [0.05, 0.1) is 42.9 Å². The highest BCUT2D eigenvalue weighted by atomic mass is 16.5. The SMILES string of the molecule is CNC(=O)CC1C(O)=C(c2nc3ccccc3[nH]2)C(=N)N1c1cc(OC)cc(OC)c1. The van der Waals surface area contributed by atoms with Gasteiger partial charge in [0.2, 0.25) is 5.91 Å². The number of carbonyl (C=O) groups is 1. The van der Waals surface area contributed by atoms with Gasteiger partial charge >= 0.3 is 0 Å². The third kappa shape index (κ3) is 3.54. The zero-order chi connectivity index (χ0) is 22.1. The van der Waals surface area contributed by atoms with Crippen LogP contribution in [0, 0.1) is 5.41 Å². The number of aromatic amines is 1. The maximum atomic E-state index is 12.2. The van der Waals surface area contributed by atoms with E-state index >= 15 is 0 Å². The summed E-state index contributed by atoms with van der Waals surface area (Å²) in [4.78, 5) is 21.5. The van der Waals surface area contributed by atoms with Crippen molar-refractivity contribution in [1.82, 2.24) is 15.3 Å². The van der Waals surface area contributed by atoms with Crippen molar-refractivity contribution < 1.29 is 19.4 Å². The first-order chi connectivity index (χ1) is 15.0. The lowest BCUT2D eigenvalue weighted by Gasteiger charge is -2.27. The van der Waals surface area contributed by atoms with E-state index in [1.54, 1.807) is 23.1 Å². The maximum absolute atomic E-state index is 12.2. The molecule has 9 nitrogen and oxygen atoms in total. The van der Waals surface area contributed by atoms with E-state index in [0.29, 0.717) is 23.0 Å². The number of ether oxygens (including phenoxy) is 2. The molecule has 0 bridgehead atoms. The van der Waals surface area contributed by atoms with Gasteiger partial charge in [0, 0.05) is 25.2 Å². The highest BCUT2D eigenvalue weighted by Crippen LogP contribution is 2.39. The molecule has 0 saturated carbocycles. The van der Waals surface area contributed by atoms with Gasteiger partial charge in [-0.1, -0.05) is 12.1 Å². The Morgan fingerprint density at radius 3 is 2.52 bits per heavy atom. The summed E-state index contributed by atoms with van der Waals surface area (Å²) >= 11 is 0. The van der Waals surface area contributed by atoms with Gasteiger partial charge in [0.1, 0.15) is 35.0 Å². The van der Waals surface area contributed by atoms with Crippen molar-refractivity contribution in [2.24, 2.45) is 0 Å². The molecule has 4 rings (SSSR count). The van der Waals surface area contributed by atoms with Gasteiger partial charge in [-0.25, -0.2) is 4.98 Å². The van der Waals surface area contributed by atoms with Crippen LogP contribution in [0.2, 0.25) is 0 Å². The standard InChI is InChI=1S/C22H23N5O4/c1-24-18(28)11-17-20(29)19(22-25-15-6-4-5-7-16(15)26-22)21(23)27(17)12-8-13(30-2)10-14(9-12)31-3/h4-10,17,23,29H,11H2,1-3H3,(H,24,28)(H,25,26). The Labute approximate surface area is 178 Å². The average Bonchev–Trinajstić information content (AvgIpc) is 3.31. The molecule has 2 aromatic carbocycles. The molecule has 0 fully saturated rings. The van der Waals surface area contributed by atoms with Crippen molar-refractivity contribution in [2.45, 2.75) is 12.5 Å². The minimum absolute atomic E-state index is 0.0146. The molecule has 0 spiro atoms. The summed E-state index contributed by atoms with van der Waals surface area (Å²) in [7, 11) is 4.60. The van der Waals surface area contributed by atoms with Gasteiger partial charge in [0.15, 0.2) is 0 Å². The fourth-order valence-electron chi connectivity index (χ4n) is 3.70. The molecule has 1 aliphatic rings. The molecule has 4 N–H and O–H groups in total. The third-order valence-corrected chi connectivity index (χ3v) is 5.26. The first kappa shape index (κ1) is 20.3. The molecular weight excluding hydrogens is 398 g/mol. The van der Waals surface area contributed by atoms with E-state index in [0.717, 1.165) is 11.0 Å². The summed E-state index contributed by atoms with van der Waals surface area (Å²) in [5, 5.41) is 22.6. The largest absolute Gasteiger partial charge is 0.509 e. The van der Waals surface area contributed by atoms with Crippen LogP contribution in [0.1, 0.15) is 12.2 Å². The normalized spacial score (nSPS) is 16.2. The summed E-state index contributed by atoms with van der Waals surface area (Å²) in [6.07, 6.45) is -0.0477. The number of para-hydroxylation sites is 2. The van der Waals surface area contributed by atoms with Crippen LogP contribution in [0.3, 0.4) is 0 Å². The third-order valence-electron chi connectivity index (χ3n) is 5.26. The van der Waals surface area contributed by atoms with E-state index in [-0.39, 0.29) is 29.5 Å². The second kappa shape index (κ2) is 8.02. The highest BCUT2D eigenvalue weighted by molar-refractivity contribution is 6.31. The summed E-state index contributed by atoms with van der Waals surface area (Å²) in [6, 6.07) is 11.8. The second-order valence-electron chi connectivity index (χ2n) is 7.05. The fraction of sp³-hybridized carbons (Fsp3) is 0.227. The van der Waals surface area contributed by atoms with Crippen molar-refractivity contribution in [1.29, 1.82) is 5.41 Å².